The molecule has 0 saturated heterocycles. The van der Waals surface area contributed by atoms with Crippen molar-refractivity contribution >= 4 is 33.4 Å². The third-order valence-corrected chi connectivity index (χ3v) is 4.64. The van der Waals surface area contributed by atoms with Gasteiger partial charge in [0.1, 0.15) is 11.6 Å². The lowest BCUT2D eigenvalue weighted by atomic mass is 10.1. The second-order valence-electron chi connectivity index (χ2n) is 6.39. The fraction of sp³-hybridized carbons (Fsp3) is 0.200. The quantitative estimate of drug-likeness (QED) is 0.342. The minimum atomic E-state index is -4.85. The first-order valence-corrected chi connectivity index (χ1v) is 9.87. The van der Waals surface area contributed by atoms with Gasteiger partial charge in [0.2, 0.25) is 5.95 Å². The minimum Gasteiger partial charge on any atom is -0.406 e. The molecule has 0 aliphatic rings. The largest absolute Gasteiger partial charge is 0.573 e. The van der Waals surface area contributed by atoms with Crippen LogP contribution in [0.3, 0.4) is 0 Å². The van der Waals surface area contributed by atoms with E-state index < -0.39 is 23.9 Å². The van der Waals surface area contributed by atoms with E-state index >= 15 is 0 Å². The van der Waals surface area contributed by atoms with Gasteiger partial charge >= 0.3 is 12.5 Å². The van der Waals surface area contributed by atoms with Gasteiger partial charge in [-0.2, -0.15) is 18.2 Å². The summed E-state index contributed by atoms with van der Waals surface area (Å²) in [5, 5.41) is 5.80. The molecule has 0 amide bonds. The molecule has 0 fully saturated rings. The summed E-state index contributed by atoms with van der Waals surface area (Å²) in [5.74, 6) is -0.0233. The van der Waals surface area contributed by atoms with E-state index in [2.05, 4.69) is 41.3 Å². The number of nitrogens with zero attached hydrogens (tertiary/aromatic N) is 2. The molecule has 32 heavy (non-hydrogen) atoms. The molecule has 2 aromatic carbocycles. The van der Waals surface area contributed by atoms with Gasteiger partial charge in [-0.3, -0.25) is 0 Å². The number of anilines is 3. The lowest BCUT2D eigenvalue weighted by Gasteiger charge is -2.14. The first kappa shape index (κ1) is 23.6. The maximum atomic E-state index is 12.9. The summed E-state index contributed by atoms with van der Waals surface area (Å²) < 4.78 is 80.4. The number of alkyl halides is 6. The van der Waals surface area contributed by atoms with Crippen LogP contribution in [0.1, 0.15) is 12.5 Å². The van der Waals surface area contributed by atoms with Crippen molar-refractivity contribution in [1.82, 2.24) is 9.97 Å². The summed E-state index contributed by atoms with van der Waals surface area (Å²) in [5.41, 5.74) is 0.0734. The van der Waals surface area contributed by atoms with Crippen molar-refractivity contribution < 1.29 is 31.1 Å². The second kappa shape index (κ2) is 9.23. The zero-order chi connectivity index (χ0) is 23.5. The summed E-state index contributed by atoms with van der Waals surface area (Å²) in [6.45, 7) is 2.26. The number of ether oxygens (including phenoxy) is 1. The van der Waals surface area contributed by atoms with Gasteiger partial charge in [-0.15, -0.1) is 13.2 Å². The zero-order valence-corrected chi connectivity index (χ0v) is 17.9. The highest BCUT2D eigenvalue weighted by atomic mass is 79.9. The van der Waals surface area contributed by atoms with Gasteiger partial charge in [-0.25, -0.2) is 4.98 Å². The standard InChI is InChI=1S/C20H15BrF6N4O/c1-2-28-18-30-16(11-4-3-5-13(8-11)32-20(25,26)27)10-17(31-18)29-15-7-6-12(9-14(15)21)19(22,23)24/h3-10H,2H2,1H3,(H2,28,29,30,31). The smallest absolute Gasteiger partial charge is 0.406 e. The Bertz CT molecular complexity index is 1100. The fourth-order valence-electron chi connectivity index (χ4n) is 2.68. The lowest BCUT2D eigenvalue weighted by Crippen LogP contribution is -2.17. The van der Waals surface area contributed by atoms with E-state index in [1.165, 1.54) is 24.3 Å². The first-order valence-electron chi connectivity index (χ1n) is 9.07. The highest BCUT2D eigenvalue weighted by Gasteiger charge is 2.31. The van der Waals surface area contributed by atoms with Crippen LogP contribution < -0.4 is 15.4 Å². The van der Waals surface area contributed by atoms with Crippen LogP contribution in [0.4, 0.5) is 43.8 Å². The average Bonchev–Trinajstić information content (AvgIpc) is 2.68. The molecule has 3 aromatic rings. The monoisotopic (exact) mass is 520 g/mol. The van der Waals surface area contributed by atoms with Crippen LogP contribution in [-0.2, 0) is 6.18 Å². The van der Waals surface area contributed by atoms with Crippen LogP contribution in [0.5, 0.6) is 5.75 Å². The fourth-order valence-corrected chi connectivity index (χ4v) is 3.16. The predicted molar refractivity (Wildman–Crippen MR) is 111 cm³/mol. The number of hydrogen-bond acceptors (Lipinski definition) is 5. The molecule has 2 N–H and O–H groups in total. The van der Waals surface area contributed by atoms with E-state index in [1.54, 1.807) is 13.0 Å². The molecule has 1 aromatic heterocycles. The van der Waals surface area contributed by atoms with Crippen molar-refractivity contribution in [2.24, 2.45) is 0 Å². The number of hydrogen-bond donors (Lipinski definition) is 2. The van der Waals surface area contributed by atoms with Crippen molar-refractivity contribution in [2.45, 2.75) is 19.5 Å². The number of halogens is 7. The summed E-state index contributed by atoms with van der Waals surface area (Å²) in [6.07, 6.45) is -9.34. The molecule has 0 aliphatic carbocycles. The highest BCUT2D eigenvalue weighted by molar-refractivity contribution is 9.10. The summed E-state index contributed by atoms with van der Waals surface area (Å²) in [7, 11) is 0. The van der Waals surface area contributed by atoms with E-state index in [9.17, 15) is 26.3 Å². The first-order chi connectivity index (χ1) is 14.9. The molecule has 0 unspecified atom stereocenters. The summed E-state index contributed by atoms with van der Waals surface area (Å²) in [4.78, 5) is 8.53. The van der Waals surface area contributed by atoms with Gasteiger partial charge in [-0.1, -0.05) is 12.1 Å². The molecule has 0 aliphatic heterocycles. The molecule has 0 atom stereocenters. The Kier molecular flexibility index (Phi) is 6.82. The number of aromatic nitrogens is 2. The van der Waals surface area contributed by atoms with Crippen molar-refractivity contribution in [2.75, 3.05) is 17.2 Å². The maximum absolute atomic E-state index is 12.9. The normalized spacial score (nSPS) is 11.9. The van der Waals surface area contributed by atoms with Gasteiger partial charge in [0.25, 0.3) is 0 Å². The molecule has 1 heterocycles. The highest BCUT2D eigenvalue weighted by Crippen LogP contribution is 2.35. The Morgan fingerprint density at radius 3 is 2.34 bits per heavy atom. The van der Waals surface area contributed by atoms with E-state index in [0.29, 0.717) is 17.8 Å². The molecular formula is C20H15BrF6N4O. The van der Waals surface area contributed by atoms with Crippen LogP contribution in [0.15, 0.2) is 53.0 Å². The van der Waals surface area contributed by atoms with E-state index in [1.807, 2.05) is 0 Å². The Balaban J connectivity index is 1.96. The van der Waals surface area contributed by atoms with E-state index in [0.717, 1.165) is 18.2 Å². The van der Waals surface area contributed by atoms with Crippen molar-refractivity contribution in [3.63, 3.8) is 0 Å². The molecule has 3 rings (SSSR count). The van der Waals surface area contributed by atoms with Crippen molar-refractivity contribution in [3.8, 4) is 17.0 Å². The van der Waals surface area contributed by atoms with Crippen LogP contribution in [0.2, 0.25) is 0 Å². The Hall–Kier alpha value is -3.02. The van der Waals surface area contributed by atoms with Crippen LogP contribution in [0, 0.1) is 0 Å². The van der Waals surface area contributed by atoms with Crippen molar-refractivity contribution in [3.05, 3.63) is 58.6 Å². The maximum Gasteiger partial charge on any atom is 0.573 e. The molecule has 0 radical (unpaired) electrons. The SMILES string of the molecule is CCNc1nc(Nc2ccc(C(F)(F)F)cc2Br)cc(-c2cccc(OC(F)(F)F)c2)n1. The number of benzene rings is 2. The van der Waals surface area contributed by atoms with Gasteiger partial charge in [-0.05, 0) is 53.2 Å². The summed E-state index contributed by atoms with van der Waals surface area (Å²) in [6, 6.07) is 9.78. The number of nitrogens with one attached hydrogen (secondary N) is 2. The summed E-state index contributed by atoms with van der Waals surface area (Å²) >= 11 is 3.10. The molecule has 5 nitrogen and oxygen atoms in total. The van der Waals surface area contributed by atoms with E-state index in [-0.39, 0.29) is 21.9 Å². The Morgan fingerprint density at radius 2 is 1.72 bits per heavy atom. The molecule has 0 bridgehead atoms. The Morgan fingerprint density at radius 1 is 0.969 bits per heavy atom. The number of rotatable bonds is 6. The van der Waals surface area contributed by atoms with Gasteiger partial charge in [0.05, 0.1) is 16.9 Å². The zero-order valence-electron chi connectivity index (χ0n) is 16.3. The van der Waals surface area contributed by atoms with Gasteiger partial charge in [0, 0.05) is 22.6 Å². The molecule has 12 heteroatoms. The van der Waals surface area contributed by atoms with Crippen molar-refractivity contribution in [1.29, 1.82) is 0 Å². The Labute approximate surface area is 187 Å². The minimum absolute atomic E-state index is 0.151. The third-order valence-electron chi connectivity index (χ3n) is 3.98. The molecule has 0 saturated carbocycles. The van der Waals surface area contributed by atoms with Gasteiger partial charge in [0.15, 0.2) is 0 Å². The predicted octanol–water partition coefficient (Wildman–Crippen LogP) is 7.00. The molecular weight excluding hydrogens is 506 g/mol. The second-order valence-corrected chi connectivity index (χ2v) is 7.24. The van der Waals surface area contributed by atoms with Crippen LogP contribution in [0.25, 0.3) is 11.3 Å². The molecule has 0 spiro atoms. The van der Waals surface area contributed by atoms with E-state index in [4.69, 9.17) is 0 Å². The van der Waals surface area contributed by atoms with Gasteiger partial charge < -0.3 is 15.4 Å². The molecule has 170 valence electrons. The lowest BCUT2D eigenvalue weighted by molar-refractivity contribution is -0.274. The topological polar surface area (TPSA) is 59.1 Å². The van der Waals surface area contributed by atoms with Crippen LogP contribution >= 0.6 is 15.9 Å². The average molecular weight is 521 g/mol. The van der Waals surface area contributed by atoms with Crippen LogP contribution in [-0.4, -0.2) is 22.9 Å². The third kappa shape index (κ3) is 6.25.